The molecule has 1 aliphatic carbocycles. The molecule has 0 aromatic carbocycles. The van der Waals surface area contributed by atoms with Gasteiger partial charge in [0.25, 0.3) is 0 Å². The van der Waals surface area contributed by atoms with Crippen LogP contribution in [0.2, 0.25) is 0 Å². The SMILES string of the molecule is C[C@@H](OC(C)(C)C)[C@H](N)C(=O)NC1(c2ncccn2)CC1.O=C(O)C(F)(F)F. The van der Waals surface area contributed by atoms with E-state index >= 15 is 0 Å². The van der Waals surface area contributed by atoms with Crippen LogP contribution in [0.4, 0.5) is 13.2 Å². The zero-order valence-corrected chi connectivity index (χ0v) is 16.1. The number of ether oxygens (including phenoxy) is 1. The topological polar surface area (TPSA) is 127 Å². The van der Waals surface area contributed by atoms with E-state index in [4.69, 9.17) is 20.4 Å². The van der Waals surface area contributed by atoms with Gasteiger partial charge in [-0.05, 0) is 46.6 Å². The molecule has 158 valence electrons. The van der Waals surface area contributed by atoms with Crippen molar-refractivity contribution < 1.29 is 32.6 Å². The molecule has 0 spiro atoms. The number of carbonyl (C=O) groups is 2. The molecule has 1 aromatic rings. The fourth-order valence-corrected chi connectivity index (χ4v) is 2.24. The Morgan fingerprint density at radius 1 is 1.25 bits per heavy atom. The van der Waals surface area contributed by atoms with Crippen LogP contribution in [0.15, 0.2) is 18.5 Å². The summed E-state index contributed by atoms with van der Waals surface area (Å²) in [5.74, 6) is -2.33. The molecule has 1 fully saturated rings. The highest BCUT2D eigenvalue weighted by Gasteiger charge is 2.49. The number of rotatable bonds is 5. The van der Waals surface area contributed by atoms with E-state index in [-0.39, 0.29) is 17.6 Å². The molecule has 1 aliphatic rings. The third kappa shape index (κ3) is 7.39. The molecular formula is C17H25F3N4O4. The summed E-state index contributed by atoms with van der Waals surface area (Å²) in [5.41, 5.74) is 5.22. The van der Waals surface area contributed by atoms with Gasteiger partial charge in [-0.15, -0.1) is 0 Å². The molecule has 1 saturated carbocycles. The maximum Gasteiger partial charge on any atom is 0.490 e. The van der Waals surface area contributed by atoms with Gasteiger partial charge in [-0.2, -0.15) is 13.2 Å². The lowest BCUT2D eigenvalue weighted by molar-refractivity contribution is -0.192. The second kappa shape index (κ2) is 8.82. The minimum atomic E-state index is -5.08. The Morgan fingerprint density at radius 3 is 2.07 bits per heavy atom. The molecule has 0 aliphatic heterocycles. The Balaban J connectivity index is 0.000000480. The molecule has 0 saturated heterocycles. The van der Waals surface area contributed by atoms with Crippen LogP contribution in [0, 0.1) is 0 Å². The standard InChI is InChI=1S/C15H24N4O2.C2HF3O2/c1-10(21-14(2,3)4)11(16)12(20)19-15(6-7-15)13-17-8-5-9-18-13;3-2(4,5)1(6)7/h5,8-11H,6-7,16H2,1-4H3,(H,19,20);(H,6,7)/t10-,11+;/m1./s1. The van der Waals surface area contributed by atoms with Gasteiger partial charge in [0.1, 0.15) is 6.04 Å². The third-order valence-corrected chi connectivity index (χ3v) is 3.70. The zero-order chi connectivity index (χ0) is 21.8. The molecule has 8 nitrogen and oxygen atoms in total. The predicted octanol–water partition coefficient (Wildman–Crippen LogP) is 1.75. The first-order valence-electron chi connectivity index (χ1n) is 8.51. The van der Waals surface area contributed by atoms with Crippen molar-refractivity contribution in [3.05, 3.63) is 24.3 Å². The number of carboxylic acid groups (broad SMARTS) is 1. The number of aromatic nitrogens is 2. The number of carbonyl (C=O) groups excluding carboxylic acids is 1. The summed E-state index contributed by atoms with van der Waals surface area (Å²) in [6.07, 6.45) is -0.411. The van der Waals surface area contributed by atoms with Gasteiger partial charge in [-0.1, -0.05) is 0 Å². The summed E-state index contributed by atoms with van der Waals surface area (Å²) in [6.45, 7) is 7.63. The molecular weight excluding hydrogens is 381 g/mol. The van der Waals surface area contributed by atoms with Crippen molar-refractivity contribution in [2.24, 2.45) is 5.73 Å². The highest BCUT2D eigenvalue weighted by Crippen LogP contribution is 2.43. The highest BCUT2D eigenvalue weighted by atomic mass is 19.4. The zero-order valence-electron chi connectivity index (χ0n) is 16.1. The maximum atomic E-state index is 12.3. The van der Waals surface area contributed by atoms with Gasteiger partial charge in [-0.3, -0.25) is 4.79 Å². The highest BCUT2D eigenvalue weighted by molar-refractivity contribution is 5.83. The maximum absolute atomic E-state index is 12.3. The lowest BCUT2D eigenvalue weighted by atomic mass is 10.1. The van der Waals surface area contributed by atoms with Crippen LogP contribution in [-0.2, 0) is 19.9 Å². The van der Waals surface area contributed by atoms with E-state index in [1.54, 1.807) is 18.5 Å². The summed E-state index contributed by atoms with van der Waals surface area (Å²) in [4.78, 5) is 29.7. The molecule has 1 amide bonds. The quantitative estimate of drug-likeness (QED) is 0.680. The van der Waals surface area contributed by atoms with Crippen molar-refractivity contribution in [1.82, 2.24) is 15.3 Å². The van der Waals surface area contributed by atoms with Crippen molar-refractivity contribution in [2.75, 3.05) is 0 Å². The molecule has 1 heterocycles. The molecule has 4 N–H and O–H groups in total. The fraction of sp³-hybridized carbons (Fsp3) is 0.647. The molecule has 0 unspecified atom stereocenters. The van der Waals surface area contributed by atoms with Crippen LogP contribution < -0.4 is 11.1 Å². The van der Waals surface area contributed by atoms with Crippen LogP contribution in [0.1, 0.15) is 46.4 Å². The number of hydrogen-bond donors (Lipinski definition) is 3. The van der Waals surface area contributed by atoms with Crippen molar-refractivity contribution in [3.8, 4) is 0 Å². The van der Waals surface area contributed by atoms with E-state index in [0.29, 0.717) is 5.82 Å². The van der Waals surface area contributed by atoms with Crippen LogP contribution in [-0.4, -0.2) is 50.9 Å². The summed E-state index contributed by atoms with van der Waals surface area (Å²) in [5, 5.41) is 10.1. The Hall–Kier alpha value is -2.27. The van der Waals surface area contributed by atoms with Crippen LogP contribution in [0.5, 0.6) is 0 Å². The molecule has 11 heteroatoms. The summed E-state index contributed by atoms with van der Waals surface area (Å²) in [7, 11) is 0. The number of nitrogens with one attached hydrogen (secondary N) is 1. The monoisotopic (exact) mass is 406 g/mol. The minimum absolute atomic E-state index is 0.225. The number of alkyl halides is 3. The van der Waals surface area contributed by atoms with Gasteiger partial charge in [0, 0.05) is 12.4 Å². The van der Waals surface area contributed by atoms with Gasteiger partial charge in [-0.25, -0.2) is 14.8 Å². The largest absolute Gasteiger partial charge is 0.490 e. The second-order valence-electron chi connectivity index (χ2n) is 7.41. The van der Waals surface area contributed by atoms with Crippen LogP contribution in [0.3, 0.4) is 0 Å². The first-order chi connectivity index (χ1) is 12.7. The number of nitrogens with two attached hydrogens (primary N) is 1. The lowest BCUT2D eigenvalue weighted by Crippen LogP contribution is -2.52. The van der Waals surface area contributed by atoms with E-state index in [2.05, 4.69) is 15.3 Å². The van der Waals surface area contributed by atoms with E-state index in [1.165, 1.54) is 0 Å². The third-order valence-electron chi connectivity index (χ3n) is 3.70. The molecule has 2 atom stereocenters. The molecule has 28 heavy (non-hydrogen) atoms. The molecule has 0 bridgehead atoms. The minimum Gasteiger partial charge on any atom is -0.475 e. The summed E-state index contributed by atoms with van der Waals surface area (Å²) < 4.78 is 37.5. The van der Waals surface area contributed by atoms with Crippen LogP contribution in [0.25, 0.3) is 0 Å². The number of carboxylic acids is 1. The second-order valence-corrected chi connectivity index (χ2v) is 7.41. The van der Waals surface area contributed by atoms with E-state index in [9.17, 15) is 18.0 Å². The van der Waals surface area contributed by atoms with E-state index < -0.39 is 23.7 Å². The Bertz CT molecular complexity index is 673. The lowest BCUT2D eigenvalue weighted by Gasteiger charge is -2.29. The van der Waals surface area contributed by atoms with Gasteiger partial charge >= 0.3 is 12.1 Å². The first kappa shape index (κ1) is 23.8. The average molecular weight is 406 g/mol. The normalized spacial score (nSPS) is 17.6. The van der Waals surface area contributed by atoms with Gasteiger partial charge in [0.2, 0.25) is 5.91 Å². The first-order valence-corrected chi connectivity index (χ1v) is 8.51. The van der Waals surface area contributed by atoms with Crippen molar-refractivity contribution in [2.45, 2.75) is 70.0 Å². The Kier molecular flexibility index (Phi) is 7.49. The molecule has 2 rings (SSSR count). The smallest absolute Gasteiger partial charge is 0.475 e. The Labute approximate surface area is 160 Å². The van der Waals surface area contributed by atoms with Crippen molar-refractivity contribution in [1.29, 1.82) is 0 Å². The number of hydrogen-bond acceptors (Lipinski definition) is 6. The molecule has 0 radical (unpaired) electrons. The Morgan fingerprint density at radius 2 is 1.71 bits per heavy atom. The predicted molar refractivity (Wildman–Crippen MR) is 93.1 cm³/mol. The van der Waals surface area contributed by atoms with E-state index in [1.807, 2.05) is 27.7 Å². The summed E-state index contributed by atoms with van der Waals surface area (Å²) >= 11 is 0. The number of halogens is 3. The van der Waals surface area contributed by atoms with Gasteiger partial charge in [0.05, 0.1) is 17.2 Å². The molecule has 1 aromatic heterocycles. The fourth-order valence-electron chi connectivity index (χ4n) is 2.24. The van der Waals surface area contributed by atoms with Gasteiger partial charge < -0.3 is 20.9 Å². The number of aliphatic carboxylic acids is 1. The number of amides is 1. The van der Waals surface area contributed by atoms with Crippen molar-refractivity contribution >= 4 is 11.9 Å². The average Bonchev–Trinajstić information content (AvgIpc) is 3.33. The van der Waals surface area contributed by atoms with Crippen LogP contribution >= 0.6 is 0 Å². The van der Waals surface area contributed by atoms with E-state index in [0.717, 1.165) is 12.8 Å². The summed E-state index contributed by atoms with van der Waals surface area (Å²) in [6, 6.07) is 1.04. The number of nitrogens with zero attached hydrogens (tertiary/aromatic N) is 2. The van der Waals surface area contributed by atoms with Crippen molar-refractivity contribution in [3.63, 3.8) is 0 Å². The van der Waals surface area contributed by atoms with Gasteiger partial charge in [0.15, 0.2) is 5.82 Å².